The molecule has 0 saturated heterocycles. The SMILES string of the molecule is COCCC(C)(C)CNC1=NCC2(CCCCC2)CS1. The summed E-state index contributed by atoms with van der Waals surface area (Å²) in [5, 5.41) is 4.71. The van der Waals surface area contributed by atoms with Crippen LogP contribution in [0, 0.1) is 10.8 Å². The topological polar surface area (TPSA) is 33.6 Å². The smallest absolute Gasteiger partial charge is 0.156 e. The molecule has 1 saturated carbocycles. The Morgan fingerprint density at radius 2 is 2.05 bits per heavy atom. The van der Waals surface area contributed by atoms with E-state index >= 15 is 0 Å². The first kappa shape index (κ1) is 16.2. The Balaban J connectivity index is 1.77. The van der Waals surface area contributed by atoms with Crippen LogP contribution < -0.4 is 5.32 Å². The molecule has 4 heteroatoms. The summed E-state index contributed by atoms with van der Waals surface area (Å²) in [5.74, 6) is 1.26. The van der Waals surface area contributed by atoms with Gasteiger partial charge in [-0.15, -0.1) is 0 Å². The van der Waals surface area contributed by atoms with Crippen LogP contribution >= 0.6 is 11.8 Å². The van der Waals surface area contributed by atoms with Gasteiger partial charge in [-0.25, -0.2) is 0 Å². The van der Waals surface area contributed by atoms with Crippen LogP contribution in [0.25, 0.3) is 0 Å². The maximum Gasteiger partial charge on any atom is 0.156 e. The van der Waals surface area contributed by atoms with Crippen LogP contribution in [-0.2, 0) is 4.74 Å². The summed E-state index contributed by atoms with van der Waals surface area (Å²) in [4.78, 5) is 4.83. The van der Waals surface area contributed by atoms with Gasteiger partial charge in [-0.3, -0.25) is 4.99 Å². The number of methoxy groups -OCH3 is 1. The summed E-state index contributed by atoms with van der Waals surface area (Å²) >= 11 is 1.94. The average molecular weight is 298 g/mol. The fourth-order valence-electron chi connectivity index (χ4n) is 3.05. The van der Waals surface area contributed by atoms with Crippen molar-refractivity contribution in [2.75, 3.05) is 32.6 Å². The van der Waals surface area contributed by atoms with E-state index in [1.54, 1.807) is 7.11 Å². The molecular weight excluding hydrogens is 268 g/mol. The molecule has 0 atom stereocenters. The van der Waals surface area contributed by atoms with Gasteiger partial charge in [0.05, 0.1) is 0 Å². The Labute approximate surface area is 128 Å². The normalized spacial score (nSPS) is 22.6. The summed E-state index contributed by atoms with van der Waals surface area (Å²) in [6.45, 7) is 7.43. The van der Waals surface area contributed by atoms with E-state index in [0.29, 0.717) is 5.41 Å². The lowest BCUT2D eigenvalue weighted by Crippen LogP contribution is -2.39. The molecule has 0 bridgehead atoms. The molecule has 3 nitrogen and oxygen atoms in total. The standard InChI is InChI=1S/C16H30N2OS/c1-15(2,9-10-19-3)11-17-14-18-12-16(13-20-14)7-5-4-6-8-16/h4-13H2,1-3H3,(H,17,18). The Hall–Kier alpha value is -0.220. The van der Waals surface area contributed by atoms with Gasteiger partial charge >= 0.3 is 0 Å². The number of aliphatic imine (C=N–C) groups is 1. The minimum atomic E-state index is 0.263. The zero-order valence-electron chi connectivity index (χ0n) is 13.3. The quantitative estimate of drug-likeness (QED) is 0.840. The van der Waals surface area contributed by atoms with E-state index in [1.807, 2.05) is 11.8 Å². The van der Waals surface area contributed by atoms with Crippen LogP contribution in [0.2, 0.25) is 0 Å². The molecule has 0 aromatic rings. The van der Waals surface area contributed by atoms with E-state index in [0.717, 1.165) is 31.3 Å². The maximum absolute atomic E-state index is 5.18. The fourth-order valence-corrected chi connectivity index (χ4v) is 4.20. The van der Waals surface area contributed by atoms with Crippen molar-refractivity contribution in [2.45, 2.75) is 52.4 Å². The molecule has 0 unspecified atom stereocenters. The Morgan fingerprint density at radius 1 is 1.30 bits per heavy atom. The zero-order chi connectivity index (χ0) is 14.5. The van der Waals surface area contributed by atoms with E-state index in [2.05, 4.69) is 19.2 Å². The molecule has 0 radical (unpaired) electrons. The number of ether oxygens (including phenoxy) is 1. The largest absolute Gasteiger partial charge is 0.385 e. The molecule has 1 spiro atoms. The molecule has 0 aromatic heterocycles. The maximum atomic E-state index is 5.18. The highest BCUT2D eigenvalue weighted by Gasteiger charge is 2.35. The molecular formula is C16H30N2OS. The molecule has 1 aliphatic carbocycles. The minimum Gasteiger partial charge on any atom is -0.385 e. The number of rotatable bonds is 5. The Kier molecular flexibility index (Phi) is 5.79. The second kappa shape index (κ2) is 7.17. The molecule has 1 N–H and O–H groups in total. The number of amidine groups is 1. The van der Waals surface area contributed by atoms with E-state index in [9.17, 15) is 0 Å². The molecule has 116 valence electrons. The Bertz CT molecular complexity index is 335. The predicted octanol–water partition coefficient (Wildman–Crippen LogP) is 3.69. The van der Waals surface area contributed by atoms with E-state index in [4.69, 9.17) is 9.73 Å². The van der Waals surface area contributed by atoms with Crippen LogP contribution in [0.5, 0.6) is 0 Å². The second-order valence-corrected chi connectivity index (χ2v) is 8.20. The van der Waals surface area contributed by atoms with Crippen LogP contribution in [0.15, 0.2) is 4.99 Å². The summed E-state index contributed by atoms with van der Waals surface area (Å²) in [5.41, 5.74) is 0.790. The van der Waals surface area contributed by atoms with Gasteiger partial charge in [-0.05, 0) is 30.1 Å². The Morgan fingerprint density at radius 3 is 2.65 bits per heavy atom. The van der Waals surface area contributed by atoms with Crippen LogP contribution in [-0.4, -0.2) is 37.7 Å². The number of thioether (sulfide) groups is 1. The van der Waals surface area contributed by atoms with Crippen molar-refractivity contribution in [3.8, 4) is 0 Å². The van der Waals surface area contributed by atoms with Gasteiger partial charge in [0.2, 0.25) is 0 Å². The molecule has 2 aliphatic rings. The van der Waals surface area contributed by atoms with Crippen molar-refractivity contribution < 1.29 is 4.74 Å². The summed E-state index contributed by atoms with van der Waals surface area (Å²) < 4.78 is 5.18. The van der Waals surface area contributed by atoms with E-state index in [1.165, 1.54) is 37.9 Å². The van der Waals surface area contributed by atoms with Crippen LogP contribution in [0.4, 0.5) is 0 Å². The monoisotopic (exact) mass is 298 g/mol. The van der Waals surface area contributed by atoms with E-state index < -0.39 is 0 Å². The number of nitrogens with one attached hydrogen (secondary N) is 1. The lowest BCUT2D eigenvalue weighted by Gasteiger charge is -2.38. The van der Waals surface area contributed by atoms with Crippen molar-refractivity contribution in [2.24, 2.45) is 15.8 Å². The van der Waals surface area contributed by atoms with Gasteiger partial charge in [-0.2, -0.15) is 0 Å². The first-order valence-electron chi connectivity index (χ1n) is 7.95. The van der Waals surface area contributed by atoms with Gasteiger partial charge < -0.3 is 10.1 Å². The van der Waals surface area contributed by atoms with Crippen molar-refractivity contribution in [1.82, 2.24) is 5.32 Å². The third-order valence-corrected chi connectivity index (χ3v) is 5.99. The highest BCUT2D eigenvalue weighted by molar-refractivity contribution is 8.13. The molecule has 2 rings (SSSR count). The first-order valence-corrected chi connectivity index (χ1v) is 8.94. The number of hydrogen-bond donors (Lipinski definition) is 1. The third kappa shape index (κ3) is 4.66. The lowest BCUT2D eigenvalue weighted by atomic mass is 9.75. The van der Waals surface area contributed by atoms with Gasteiger partial charge in [0.15, 0.2) is 5.17 Å². The third-order valence-electron chi connectivity index (χ3n) is 4.69. The molecule has 0 amide bonds. The summed E-state index contributed by atoms with van der Waals surface area (Å²) in [6.07, 6.45) is 8.09. The predicted molar refractivity (Wildman–Crippen MR) is 88.6 cm³/mol. The fraction of sp³-hybridized carbons (Fsp3) is 0.938. The molecule has 20 heavy (non-hydrogen) atoms. The van der Waals surface area contributed by atoms with Crippen molar-refractivity contribution in [1.29, 1.82) is 0 Å². The zero-order valence-corrected chi connectivity index (χ0v) is 14.2. The molecule has 1 heterocycles. The van der Waals surface area contributed by atoms with Gasteiger partial charge in [0, 0.05) is 32.6 Å². The number of nitrogens with zero attached hydrogens (tertiary/aromatic N) is 1. The van der Waals surface area contributed by atoms with Crippen molar-refractivity contribution >= 4 is 16.9 Å². The first-order chi connectivity index (χ1) is 9.55. The minimum absolute atomic E-state index is 0.263. The van der Waals surface area contributed by atoms with Crippen molar-refractivity contribution in [3.05, 3.63) is 0 Å². The second-order valence-electron chi connectivity index (χ2n) is 7.23. The highest BCUT2D eigenvalue weighted by atomic mass is 32.2. The summed E-state index contributed by atoms with van der Waals surface area (Å²) in [6, 6.07) is 0. The van der Waals surface area contributed by atoms with Crippen LogP contribution in [0.3, 0.4) is 0 Å². The van der Waals surface area contributed by atoms with Gasteiger partial charge in [0.25, 0.3) is 0 Å². The number of hydrogen-bond acceptors (Lipinski definition) is 4. The highest BCUT2D eigenvalue weighted by Crippen LogP contribution is 2.41. The summed E-state index contributed by atoms with van der Waals surface area (Å²) in [7, 11) is 1.77. The average Bonchev–Trinajstić information content (AvgIpc) is 2.46. The van der Waals surface area contributed by atoms with Crippen molar-refractivity contribution in [3.63, 3.8) is 0 Å². The van der Waals surface area contributed by atoms with Crippen LogP contribution in [0.1, 0.15) is 52.4 Å². The molecule has 1 aliphatic heterocycles. The van der Waals surface area contributed by atoms with Gasteiger partial charge in [-0.1, -0.05) is 44.9 Å². The van der Waals surface area contributed by atoms with E-state index in [-0.39, 0.29) is 5.41 Å². The van der Waals surface area contributed by atoms with Gasteiger partial charge in [0.1, 0.15) is 0 Å². The molecule has 0 aromatic carbocycles. The molecule has 1 fully saturated rings. The lowest BCUT2D eigenvalue weighted by molar-refractivity contribution is 0.153.